The minimum absolute atomic E-state index is 0.0520. The fourth-order valence-corrected chi connectivity index (χ4v) is 5.53. The van der Waals surface area contributed by atoms with E-state index in [1.165, 1.54) is 29.3 Å². The molecule has 2 atom stereocenters. The summed E-state index contributed by atoms with van der Waals surface area (Å²) in [5, 5.41) is 5.96. The minimum Gasteiger partial charge on any atom is -0.337 e. The van der Waals surface area contributed by atoms with Gasteiger partial charge in [-0.15, -0.1) is 0 Å². The molecule has 2 saturated heterocycles. The Bertz CT molecular complexity index is 1370. The zero-order valence-corrected chi connectivity index (χ0v) is 22.9. The second-order valence-corrected chi connectivity index (χ2v) is 10.4. The van der Waals surface area contributed by atoms with Crippen LogP contribution in [0.5, 0.6) is 0 Å². The summed E-state index contributed by atoms with van der Waals surface area (Å²) < 4.78 is 26.6. The second-order valence-electron chi connectivity index (χ2n) is 10.4. The summed E-state index contributed by atoms with van der Waals surface area (Å²) in [4.78, 5) is 44.0. The highest BCUT2D eigenvalue weighted by atomic mass is 19.1. The van der Waals surface area contributed by atoms with E-state index in [1.54, 1.807) is 46.1 Å². The summed E-state index contributed by atoms with van der Waals surface area (Å²) in [5.74, 6) is -1.04. The number of hydrogen-bond donors (Lipinski definition) is 1. The van der Waals surface area contributed by atoms with Gasteiger partial charge in [-0.25, -0.2) is 23.6 Å². The van der Waals surface area contributed by atoms with E-state index in [1.807, 2.05) is 30.3 Å². The van der Waals surface area contributed by atoms with Crippen LogP contribution in [0.4, 0.5) is 13.6 Å². The van der Waals surface area contributed by atoms with E-state index >= 15 is 0 Å². The molecule has 2 aliphatic rings. The molecule has 41 heavy (non-hydrogen) atoms. The highest BCUT2D eigenvalue weighted by Crippen LogP contribution is 2.28. The van der Waals surface area contributed by atoms with E-state index in [0.717, 1.165) is 16.7 Å². The van der Waals surface area contributed by atoms with Gasteiger partial charge in [-0.3, -0.25) is 9.59 Å². The number of likely N-dealkylation sites (N-methyl/N-ethyl adjacent to an activating group) is 1. The lowest BCUT2D eigenvalue weighted by molar-refractivity contribution is -0.186. The van der Waals surface area contributed by atoms with E-state index < -0.39 is 18.2 Å². The van der Waals surface area contributed by atoms with Gasteiger partial charge in [-0.2, -0.15) is 0 Å². The molecule has 4 amide bonds. The van der Waals surface area contributed by atoms with Crippen molar-refractivity contribution in [2.75, 3.05) is 26.7 Å². The lowest BCUT2D eigenvalue weighted by Crippen LogP contribution is -2.76. The largest absolute Gasteiger partial charge is 0.337 e. The molecular weight excluding hydrogens is 528 g/mol. The molecule has 3 aromatic carbocycles. The number of urea groups is 1. The number of carbonyl (C=O) groups excluding carboxylic acids is 3. The van der Waals surface area contributed by atoms with Crippen LogP contribution in [0, 0.1) is 11.6 Å². The smallest absolute Gasteiger partial charge is 0.334 e. The van der Waals surface area contributed by atoms with Crippen LogP contribution >= 0.6 is 0 Å². The summed E-state index contributed by atoms with van der Waals surface area (Å²) >= 11 is 0. The Morgan fingerprint density at radius 1 is 0.878 bits per heavy atom. The zero-order chi connectivity index (χ0) is 28.9. The molecule has 214 valence electrons. The number of amides is 4. The van der Waals surface area contributed by atoms with Gasteiger partial charge >= 0.3 is 6.03 Å². The molecule has 0 aromatic heterocycles. The topological polar surface area (TPSA) is 76.2 Å². The number of halogens is 2. The lowest BCUT2D eigenvalue weighted by atomic mass is 9.98. The molecular formula is C31H33F2N5O3. The first-order valence-electron chi connectivity index (χ1n) is 13.7. The number of hydrazine groups is 1. The third-order valence-electron chi connectivity index (χ3n) is 7.58. The molecule has 2 aliphatic heterocycles. The zero-order valence-electron chi connectivity index (χ0n) is 22.9. The van der Waals surface area contributed by atoms with E-state index in [0.29, 0.717) is 25.8 Å². The van der Waals surface area contributed by atoms with Crippen LogP contribution in [0.1, 0.15) is 23.1 Å². The number of aryl methyl sites for hydroxylation is 1. The number of hydrogen-bond acceptors (Lipinski definition) is 4. The average molecular weight is 562 g/mol. The Hall–Kier alpha value is -4.31. The molecule has 0 bridgehead atoms. The maximum atomic E-state index is 13.8. The van der Waals surface area contributed by atoms with Crippen molar-refractivity contribution < 1.29 is 23.2 Å². The maximum Gasteiger partial charge on any atom is 0.334 e. The third-order valence-corrected chi connectivity index (χ3v) is 7.58. The van der Waals surface area contributed by atoms with Crippen molar-refractivity contribution in [3.8, 4) is 0 Å². The highest BCUT2D eigenvalue weighted by Gasteiger charge is 2.50. The Balaban J connectivity index is 1.37. The van der Waals surface area contributed by atoms with E-state index in [4.69, 9.17) is 0 Å². The molecule has 8 nitrogen and oxygen atoms in total. The summed E-state index contributed by atoms with van der Waals surface area (Å²) in [5.41, 5.74) is 2.61. The number of nitrogens with one attached hydrogen (secondary N) is 1. The van der Waals surface area contributed by atoms with E-state index in [9.17, 15) is 23.2 Å². The lowest BCUT2D eigenvalue weighted by Gasteiger charge is -2.54. The monoisotopic (exact) mass is 561 g/mol. The molecule has 10 heteroatoms. The van der Waals surface area contributed by atoms with E-state index in [-0.39, 0.29) is 43.1 Å². The van der Waals surface area contributed by atoms with Gasteiger partial charge in [-0.1, -0.05) is 54.6 Å². The predicted molar refractivity (Wildman–Crippen MR) is 149 cm³/mol. The molecule has 2 heterocycles. The number of rotatable bonds is 8. The van der Waals surface area contributed by atoms with Crippen LogP contribution in [-0.2, 0) is 29.0 Å². The summed E-state index contributed by atoms with van der Waals surface area (Å²) in [6.45, 7) is 0.712. The molecule has 0 saturated carbocycles. The molecule has 0 spiro atoms. The first kappa shape index (κ1) is 28.2. The van der Waals surface area contributed by atoms with Crippen molar-refractivity contribution in [1.82, 2.24) is 25.1 Å². The van der Waals surface area contributed by atoms with Gasteiger partial charge in [0.2, 0.25) is 11.8 Å². The summed E-state index contributed by atoms with van der Waals surface area (Å²) in [6, 6.07) is 20.5. The molecule has 2 fully saturated rings. The normalized spacial score (nSPS) is 19.3. The quantitative estimate of drug-likeness (QED) is 0.456. The van der Waals surface area contributed by atoms with Crippen LogP contribution in [0.25, 0.3) is 0 Å². The van der Waals surface area contributed by atoms with Gasteiger partial charge in [0.25, 0.3) is 0 Å². The summed E-state index contributed by atoms with van der Waals surface area (Å²) in [7, 11) is 1.67. The SMILES string of the molecule is CN1CC(=O)N2[C@@H](Cc3ccccc3)C(=O)N(CCCc3ccc(F)cc3)C[C@@H]2N1C(=O)NCc1ccc(F)cc1. The molecule has 0 aliphatic carbocycles. The van der Waals surface area contributed by atoms with Gasteiger partial charge in [0.15, 0.2) is 0 Å². The van der Waals surface area contributed by atoms with Crippen LogP contribution in [0.3, 0.4) is 0 Å². The number of carbonyl (C=O) groups is 3. The van der Waals surface area contributed by atoms with Crippen LogP contribution in [-0.4, -0.2) is 76.6 Å². The molecule has 0 radical (unpaired) electrons. The average Bonchev–Trinajstić information content (AvgIpc) is 2.96. The van der Waals surface area contributed by atoms with Gasteiger partial charge in [-0.05, 0) is 53.8 Å². The van der Waals surface area contributed by atoms with Crippen molar-refractivity contribution in [2.45, 2.75) is 38.0 Å². The molecule has 3 aromatic rings. The van der Waals surface area contributed by atoms with Gasteiger partial charge in [0, 0.05) is 26.6 Å². The Morgan fingerprint density at radius 3 is 2.17 bits per heavy atom. The maximum absolute atomic E-state index is 13.8. The summed E-state index contributed by atoms with van der Waals surface area (Å²) in [6.07, 6.45) is 0.919. The van der Waals surface area contributed by atoms with Crippen molar-refractivity contribution in [3.05, 3.63) is 107 Å². The number of fused-ring (bicyclic) bond motifs is 1. The van der Waals surface area contributed by atoms with Gasteiger partial charge in [0.1, 0.15) is 23.8 Å². The van der Waals surface area contributed by atoms with Crippen LogP contribution in [0.15, 0.2) is 78.9 Å². The van der Waals surface area contributed by atoms with Crippen LogP contribution < -0.4 is 5.32 Å². The Labute approximate surface area is 238 Å². The fraction of sp³-hybridized carbons (Fsp3) is 0.323. The number of benzene rings is 3. The number of piperazine rings is 1. The first-order chi connectivity index (χ1) is 19.8. The highest BCUT2D eigenvalue weighted by molar-refractivity contribution is 5.91. The first-order valence-corrected chi connectivity index (χ1v) is 13.7. The van der Waals surface area contributed by atoms with Crippen molar-refractivity contribution in [1.29, 1.82) is 0 Å². The second kappa shape index (κ2) is 12.5. The minimum atomic E-state index is -0.768. The Morgan fingerprint density at radius 2 is 1.51 bits per heavy atom. The van der Waals surface area contributed by atoms with Gasteiger partial charge in [0.05, 0.1) is 13.1 Å². The van der Waals surface area contributed by atoms with Gasteiger partial charge < -0.3 is 15.1 Å². The molecule has 1 N–H and O–H groups in total. The fourth-order valence-electron chi connectivity index (χ4n) is 5.53. The van der Waals surface area contributed by atoms with Crippen molar-refractivity contribution in [3.63, 3.8) is 0 Å². The van der Waals surface area contributed by atoms with Crippen LogP contribution in [0.2, 0.25) is 0 Å². The van der Waals surface area contributed by atoms with Crippen molar-refractivity contribution in [2.24, 2.45) is 0 Å². The predicted octanol–water partition coefficient (Wildman–Crippen LogP) is 3.58. The van der Waals surface area contributed by atoms with Crippen molar-refractivity contribution >= 4 is 17.8 Å². The number of nitrogens with zero attached hydrogens (tertiary/aromatic N) is 4. The van der Waals surface area contributed by atoms with E-state index in [2.05, 4.69) is 5.32 Å². The molecule has 5 rings (SSSR count). The molecule has 0 unspecified atom stereocenters. The Kier molecular flexibility index (Phi) is 8.58. The third kappa shape index (κ3) is 6.54. The standard InChI is InChI=1S/C31H33F2N5O3/c1-35-21-29(39)37-27(18-23-6-3-2-4-7-23)30(40)36(17-5-8-22-9-13-25(32)14-10-22)20-28(37)38(35)31(41)34-19-24-11-15-26(33)16-12-24/h2-4,6-7,9-16,27-28H,5,8,17-21H2,1H3,(H,34,41)/t27-,28-/m0/s1.